The van der Waals surface area contributed by atoms with Gasteiger partial charge in [-0.05, 0) is 48.5 Å². The van der Waals surface area contributed by atoms with E-state index in [0.29, 0.717) is 0 Å². The van der Waals surface area contributed by atoms with Gasteiger partial charge < -0.3 is 19.7 Å². The second kappa shape index (κ2) is 7.40. The fourth-order valence-electron chi connectivity index (χ4n) is 2.15. The Kier molecular flexibility index (Phi) is 4.85. The van der Waals surface area contributed by atoms with Crippen molar-refractivity contribution in [1.29, 1.82) is 0 Å². The molecule has 0 fully saturated rings. The number of phenols is 2. The molecule has 0 unspecified atom stereocenters. The monoisotopic (exact) mass is 350 g/mol. The molecule has 0 saturated carbocycles. The van der Waals surface area contributed by atoms with Gasteiger partial charge >= 0.3 is 11.9 Å². The van der Waals surface area contributed by atoms with Gasteiger partial charge in [-0.3, -0.25) is 0 Å². The molecular weight excluding hydrogens is 336 g/mol. The van der Waals surface area contributed by atoms with Crippen LogP contribution >= 0.6 is 0 Å². The second-order valence-corrected chi connectivity index (χ2v) is 5.29. The molecule has 0 saturated heterocycles. The first-order valence-electron chi connectivity index (χ1n) is 7.65. The highest BCUT2D eigenvalue weighted by molar-refractivity contribution is 5.95. The summed E-state index contributed by atoms with van der Waals surface area (Å²) < 4.78 is 10.2. The van der Waals surface area contributed by atoms with E-state index in [-0.39, 0.29) is 34.1 Å². The van der Waals surface area contributed by atoms with Gasteiger partial charge in [-0.2, -0.15) is 0 Å². The summed E-state index contributed by atoms with van der Waals surface area (Å²) >= 11 is 0. The van der Waals surface area contributed by atoms with Gasteiger partial charge in [-0.15, -0.1) is 0 Å². The summed E-state index contributed by atoms with van der Waals surface area (Å²) in [4.78, 5) is 24.2. The van der Waals surface area contributed by atoms with Gasteiger partial charge in [0.2, 0.25) is 0 Å². The Balaban J connectivity index is 1.70. The van der Waals surface area contributed by atoms with Crippen LogP contribution in [-0.4, -0.2) is 22.2 Å². The van der Waals surface area contributed by atoms with Crippen LogP contribution in [-0.2, 0) is 0 Å². The summed E-state index contributed by atoms with van der Waals surface area (Å²) in [6, 6.07) is 17.8. The van der Waals surface area contributed by atoms with Crippen molar-refractivity contribution in [3.05, 3.63) is 83.9 Å². The summed E-state index contributed by atoms with van der Waals surface area (Å²) in [6.45, 7) is 0. The highest BCUT2D eigenvalue weighted by atomic mass is 16.5. The van der Waals surface area contributed by atoms with Crippen molar-refractivity contribution >= 4 is 11.9 Å². The van der Waals surface area contributed by atoms with Crippen LogP contribution in [0.25, 0.3) is 0 Å². The van der Waals surface area contributed by atoms with Crippen molar-refractivity contribution in [3.63, 3.8) is 0 Å². The highest BCUT2D eigenvalue weighted by Crippen LogP contribution is 2.26. The van der Waals surface area contributed by atoms with Crippen LogP contribution in [0.5, 0.6) is 23.0 Å². The summed E-state index contributed by atoms with van der Waals surface area (Å²) in [5.74, 6) is -1.56. The van der Waals surface area contributed by atoms with Gasteiger partial charge in [0.15, 0.2) is 23.0 Å². The van der Waals surface area contributed by atoms with Crippen LogP contribution < -0.4 is 9.47 Å². The minimum Gasteiger partial charge on any atom is -0.504 e. The molecule has 0 bridgehead atoms. The number of phenolic OH excluding ortho intramolecular Hbond substituents is 2. The predicted octanol–water partition coefficient (Wildman–Crippen LogP) is 3.54. The molecule has 0 radical (unpaired) electrons. The van der Waals surface area contributed by atoms with Crippen molar-refractivity contribution in [1.82, 2.24) is 0 Å². The van der Waals surface area contributed by atoms with Crippen molar-refractivity contribution in [2.24, 2.45) is 0 Å². The quantitative estimate of drug-likeness (QED) is 0.552. The number of hydrogen-bond acceptors (Lipinski definition) is 6. The molecule has 130 valence electrons. The summed E-state index contributed by atoms with van der Waals surface area (Å²) in [5, 5.41) is 19.3. The van der Waals surface area contributed by atoms with Crippen molar-refractivity contribution in [3.8, 4) is 23.0 Å². The molecule has 6 nitrogen and oxygen atoms in total. The Hall–Kier alpha value is -3.80. The maximum atomic E-state index is 12.1. The van der Waals surface area contributed by atoms with E-state index in [1.807, 2.05) is 0 Å². The third-order valence-electron chi connectivity index (χ3n) is 3.49. The zero-order valence-corrected chi connectivity index (χ0v) is 13.5. The zero-order chi connectivity index (χ0) is 18.5. The fourth-order valence-corrected chi connectivity index (χ4v) is 2.15. The first-order valence-corrected chi connectivity index (χ1v) is 7.65. The Labute approximate surface area is 148 Å². The van der Waals surface area contributed by atoms with E-state index in [4.69, 9.17) is 9.47 Å². The lowest BCUT2D eigenvalue weighted by atomic mass is 10.1. The molecule has 26 heavy (non-hydrogen) atoms. The van der Waals surface area contributed by atoms with E-state index in [1.165, 1.54) is 48.5 Å². The molecule has 2 N–H and O–H groups in total. The maximum absolute atomic E-state index is 12.1. The maximum Gasteiger partial charge on any atom is 0.343 e. The molecule has 0 aromatic heterocycles. The number of ether oxygens (including phenoxy) is 2. The second-order valence-electron chi connectivity index (χ2n) is 5.29. The lowest BCUT2D eigenvalue weighted by molar-refractivity contribution is 0.0716. The third-order valence-corrected chi connectivity index (χ3v) is 3.49. The number of carbonyl (C=O) groups is 2. The van der Waals surface area contributed by atoms with Crippen molar-refractivity contribution < 1.29 is 29.3 Å². The number of carbonyl (C=O) groups excluding carboxylic acids is 2. The van der Waals surface area contributed by atoms with Crippen LogP contribution in [0.4, 0.5) is 0 Å². The minimum atomic E-state index is -0.674. The smallest absolute Gasteiger partial charge is 0.343 e. The summed E-state index contributed by atoms with van der Waals surface area (Å²) in [6.07, 6.45) is 0. The average Bonchev–Trinajstić information content (AvgIpc) is 2.65. The Morgan fingerprint density at radius 3 is 1.27 bits per heavy atom. The Morgan fingerprint density at radius 1 is 0.577 bits per heavy atom. The molecule has 0 aliphatic carbocycles. The fraction of sp³-hybridized carbons (Fsp3) is 0. The van der Waals surface area contributed by atoms with Gasteiger partial charge in [0, 0.05) is 0 Å². The Bertz CT molecular complexity index is 868. The molecule has 0 atom stereocenters. The van der Waals surface area contributed by atoms with Crippen LogP contribution in [0.3, 0.4) is 0 Å². The summed E-state index contributed by atoms with van der Waals surface area (Å²) in [7, 11) is 0. The predicted molar refractivity (Wildman–Crippen MR) is 92.6 cm³/mol. The van der Waals surface area contributed by atoms with Gasteiger partial charge in [0.1, 0.15) is 0 Å². The highest BCUT2D eigenvalue weighted by Gasteiger charge is 2.14. The lowest BCUT2D eigenvalue weighted by Crippen LogP contribution is -2.11. The summed E-state index contributed by atoms with van der Waals surface area (Å²) in [5.41, 5.74) is 0.403. The molecule has 0 spiro atoms. The topological polar surface area (TPSA) is 93.1 Å². The zero-order valence-electron chi connectivity index (χ0n) is 13.5. The molecule has 3 rings (SSSR count). The van der Waals surface area contributed by atoms with Gasteiger partial charge in [0.05, 0.1) is 11.1 Å². The molecule has 0 aliphatic rings. The van der Waals surface area contributed by atoms with Crippen LogP contribution in [0.2, 0.25) is 0 Å². The Morgan fingerprint density at radius 2 is 0.923 bits per heavy atom. The molecule has 3 aromatic rings. The van der Waals surface area contributed by atoms with Gasteiger partial charge in [0.25, 0.3) is 0 Å². The van der Waals surface area contributed by atoms with Crippen LogP contribution in [0.15, 0.2) is 72.8 Å². The molecule has 6 heteroatoms. The first-order chi connectivity index (χ1) is 12.5. The van der Waals surface area contributed by atoms with E-state index >= 15 is 0 Å². The lowest BCUT2D eigenvalue weighted by Gasteiger charge is -2.08. The van der Waals surface area contributed by atoms with E-state index in [9.17, 15) is 19.8 Å². The molecular formula is C20H14O6. The number of esters is 2. The first kappa shape index (κ1) is 17.0. The number of aromatic hydroxyl groups is 2. The molecule has 0 heterocycles. The van der Waals surface area contributed by atoms with Crippen molar-refractivity contribution in [2.45, 2.75) is 0 Å². The molecule has 0 aliphatic heterocycles. The SMILES string of the molecule is O=C(Oc1ccccc1O)c1ccc(C(=O)Oc2ccccc2O)cc1. The van der Waals surface area contributed by atoms with Gasteiger partial charge in [-0.25, -0.2) is 9.59 Å². The molecule has 3 aromatic carbocycles. The number of benzene rings is 3. The number of rotatable bonds is 4. The third kappa shape index (κ3) is 3.81. The van der Waals surface area contributed by atoms with Gasteiger partial charge in [-0.1, -0.05) is 24.3 Å². The van der Waals surface area contributed by atoms with Crippen molar-refractivity contribution in [2.75, 3.05) is 0 Å². The van der Waals surface area contributed by atoms with Crippen LogP contribution in [0, 0.1) is 0 Å². The van der Waals surface area contributed by atoms with E-state index < -0.39 is 11.9 Å². The van der Waals surface area contributed by atoms with E-state index in [2.05, 4.69) is 0 Å². The minimum absolute atomic E-state index is 0.0422. The number of hydrogen-bond donors (Lipinski definition) is 2. The normalized spacial score (nSPS) is 10.2. The average molecular weight is 350 g/mol. The largest absolute Gasteiger partial charge is 0.504 e. The molecule has 0 amide bonds. The van der Waals surface area contributed by atoms with E-state index in [1.54, 1.807) is 24.3 Å². The van der Waals surface area contributed by atoms with Crippen LogP contribution in [0.1, 0.15) is 20.7 Å². The number of para-hydroxylation sites is 4. The standard InChI is InChI=1S/C20H14O6/c21-15-5-1-3-7-17(15)25-19(23)13-9-11-14(12-10-13)20(24)26-18-8-4-2-6-16(18)22/h1-12,21-22H. The van der Waals surface area contributed by atoms with E-state index in [0.717, 1.165) is 0 Å².